The molecule has 1 unspecified atom stereocenters. The Hall–Kier alpha value is -0.440. The highest BCUT2D eigenvalue weighted by atomic mass is 35.5. The molecule has 0 N–H and O–H groups in total. The number of alkyl halides is 1. The molecule has 1 amide bonds. The molecular formula is C9H16ClNO2. The second-order valence-corrected chi connectivity index (χ2v) is 3.87. The summed E-state index contributed by atoms with van der Waals surface area (Å²) >= 11 is 5.42. The molecule has 1 heterocycles. The van der Waals surface area contributed by atoms with Gasteiger partial charge in [-0.2, -0.15) is 0 Å². The number of halogens is 1. The van der Waals surface area contributed by atoms with Gasteiger partial charge in [0.25, 0.3) is 0 Å². The number of amides is 1. The van der Waals surface area contributed by atoms with Crippen LogP contribution >= 0.6 is 11.6 Å². The number of hydrogen-bond donors (Lipinski definition) is 0. The highest BCUT2D eigenvalue weighted by molar-refractivity contribution is 6.18. The van der Waals surface area contributed by atoms with Crippen LogP contribution in [0.4, 0.5) is 4.79 Å². The van der Waals surface area contributed by atoms with Crippen molar-refractivity contribution in [1.29, 1.82) is 0 Å². The lowest BCUT2D eigenvalue weighted by Crippen LogP contribution is -2.39. The summed E-state index contributed by atoms with van der Waals surface area (Å²) in [5, 5.41) is 0. The van der Waals surface area contributed by atoms with Crippen LogP contribution in [-0.2, 0) is 4.74 Å². The third-order valence-electron chi connectivity index (χ3n) is 2.22. The fourth-order valence-electron chi connectivity index (χ4n) is 1.57. The van der Waals surface area contributed by atoms with E-state index in [4.69, 9.17) is 16.3 Å². The summed E-state index contributed by atoms with van der Waals surface area (Å²) in [6, 6.07) is 0. The summed E-state index contributed by atoms with van der Waals surface area (Å²) in [5.41, 5.74) is 0. The summed E-state index contributed by atoms with van der Waals surface area (Å²) in [4.78, 5) is 13.1. The summed E-state index contributed by atoms with van der Waals surface area (Å²) < 4.78 is 4.93. The molecule has 1 aliphatic rings. The number of likely N-dealkylation sites (tertiary alicyclic amines) is 1. The summed E-state index contributed by atoms with van der Waals surface area (Å²) in [5.74, 6) is 0.965. The zero-order chi connectivity index (χ0) is 9.68. The van der Waals surface area contributed by atoms with Gasteiger partial charge in [0.1, 0.15) is 6.61 Å². The van der Waals surface area contributed by atoms with Gasteiger partial charge in [-0.15, -0.1) is 11.6 Å². The molecule has 1 aliphatic heterocycles. The summed E-state index contributed by atoms with van der Waals surface area (Å²) in [6.07, 6.45) is 2.07. The van der Waals surface area contributed by atoms with Gasteiger partial charge in [-0.05, 0) is 18.8 Å². The van der Waals surface area contributed by atoms with Crippen LogP contribution in [0, 0.1) is 5.92 Å². The fourth-order valence-corrected chi connectivity index (χ4v) is 1.65. The van der Waals surface area contributed by atoms with E-state index in [1.54, 1.807) is 4.90 Å². The van der Waals surface area contributed by atoms with E-state index in [0.29, 0.717) is 18.4 Å². The first kappa shape index (κ1) is 10.6. The van der Waals surface area contributed by atoms with Gasteiger partial charge in [0.2, 0.25) is 0 Å². The van der Waals surface area contributed by atoms with Crippen molar-refractivity contribution in [1.82, 2.24) is 4.90 Å². The monoisotopic (exact) mass is 205 g/mol. The zero-order valence-corrected chi connectivity index (χ0v) is 8.72. The first-order valence-electron chi connectivity index (χ1n) is 4.71. The van der Waals surface area contributed by atoms with Crippen molar-refractivity contribution in [3.05, 3.63) is 0 Å². The molecule has 0 radical (unpaired) electrons. The standard InChI is InChI=1S/C9H16ClNO2/c1-8-3-2-5-11(7-8)9(12)13-6-4-10/h8H,2-7H2,1H3. The molecule has 1 rings (SSSR count). The molecule has 3 nitrogen and oxygen atoms in total. The number of hydrogen-bond acceptors (Lipinski definition) is 2. The first-order chi connectivity index (χ1) is 6.24. The highest BCUT2D eigenvalue weighted by Gasteiger charge is 2.21. The number of nitrogens with zero attached hydrogens (tertiary/aromatic N) is 1. The Morgan fingerprint density at radius 1 is 1.69 bits per heavy atom. The Bertz CT molecular complexity index is 175. The Kier molecular flexibility index (Phi) is 4.36. The van der Waals surface area contributed by atoms with Crippen molar-refractivity contribution < 1.29 is 9.53 Å². The zero-order valence-electron chi connectivity index (χ0n) is 7.96. The van der Waals surface area contributed by atoms with Crippen LogP contribution in [0.25, 0.3) is 0 Å². The van der Waals surface area contributed by atoms with Gasteiger partial charge in [-0.25, -0.2) is 4.79 Å². The summed E-state index contributed by atoms with van der Waals surface area (Å²) in [6.45, 7) is 4.11. The number of carbonyl (C=O) groups excluding carboxylic acids is 1. The van der Waals surface area contributed by atoms with Crippen molar-refractivity contribution in [2.45, 2.75) is 19.8 Å². The fraction of sp³-hybridized carbons (Fsp3) is 0.889. The minimum Gasteiger partial charge on any atom is -0.448 e. The smallest absolute Gasteiger partial charge is 0.409 e. The van der Waals surface area contributed by atoms with E-state index < -0.39 is 0 Å². The number of rotatable bonds is 2. The van der Waals surface area contributed by atoms with Crippen LogP contribution in [0.3, 0.4) is 0 Å². The number of piperidine rings is 1. The maximum atomic E-state index is 11.3. The maximum Gasteiger partial charge on any atom is 0.409 e. The molecule has 0 bridgehead atoms. The van der Waals surface area contributed by atoms with Crippen LogP contribution in [0.1, 0.15) is 19.8 Å². The molecular weight excluding hydrogens is 190 g/mol. The van der Waals surface area contributed by atoms with E-state index in [-0.39, 0.29) is 6.09 Å². The molecule has 76 valence electrons. The Morgan fingerprint density at radius 2 is 2.46 bits per heavy atom. The molecule has 13 heavy (non-hydrogen) atoms. The average molecular weight is 206 g/mol. The van der Waals surface area contributed by atoms with E-state index in [2.05, 4.69) is 6.92 Å². The van der Waals surface area contributed by atoms with Crippen LogP contribution < -0.4 is 0 Å². The Morgan fingerprint density at radius 3 is 3.08 bits per heavy atom. The van der Waals surface area contributed by atoms with Crippen LogP contribution in [0.2, 0.25) is 0 Å². The van der Waals surface area contributed by atoms with Crippen molar-refractivity contribution in [2.24, 2.45) is 5.92 Å². The minimum absolute atomic E-state index is 0.216. The lowest BCUT2D eigenvalue weighted by Gasteiger charge is -2.29. The largest absolute Gasteiger partial charge is 0.448 e. The molecule has 1 saturated heterocycles. The lowest BCUT2D eigenvalue weighted by molar-refractivity contribution is 0.0910. The number of ether oxygens (including phenoxy) is 1. The van der Waals surface area contributed by atoms with Gasteiger partial charge < -0.3 is 9.64 Å². The van der Waals surface area contributed by atoms with Gasteiger partial charge in [-0.1, -0.05) is 6.92 Å². The van der Waals surface area contributed by atoms with Gasteiger partial charge in [-0.3, -0.25) is 0 Å². The van der Waals surface area contributed by atoms with E-state index in [0.717, 1.165) is 19.5 Å². The Labute approximate surface area is 84.0 Å². The highest BCUT2D eigenvalue weighted by Crippen LogP contribution is 2.15. The third kappa shape index (κ3) is 3.43. The van der Waals surface area contributed by atoms with Crippen LogP contribution in [0.15, 0.2) is 0 Å². The molecule has 0 aromatic heterocycles. The van der Waals surface area contributed by atoms with Crippen molar-refractivity contribution in [3.63, 3.8) is 0 Å². The van der Waals surface area contributed by atoms with Crippen molar-refractivity contribution in [2.75, 3.05) is 25.6 Å². The van der Waals surface area contributed by atoms with Gasteiger partial charge in [0, 0.05) is 13.1 Å². The predicted molar refractivity (Wildman–Crippen MR) is 52.0 cm³/mol. The van der Waals surface area contributed by atoms with E-state index in [9.17, 15) is 4.79 Å². The van der Waals surface area contributed by atoms with E-state index >= 15 is 0 Å². The average Bonchev–Trinajstić information content (AvgIpc) is 2.14. The Balaban J connectivity index is 2.28. The normalized spacial score (nSPS) is 22.9. The molecule has 0 spiro atoms. The quantitative estimate of drug-likeness (QED) is 0.647. The first-order valence-corrected chi connectivity index (χ1v) is 5.25. The van der Waals surface area contributed by atoms with Crippen molar-refractivity contribution >= 4 is 17.7 Å². The maximum absolute atomic E-state index is 11.3. The van der Waals surface area contributed by atoms with Gasteiger partial charge in [0.05, 0.1) is 5.88 Å². The molecule has 0 saturated carbocycles. The van der Waals surface area contributed by atoms with Crippen LogP contribution in [0.5, 0.6) is 0 Å². The molecule has 1 atom stereocenters. The third-order valence-corrected chi connectivity index (χ3v) is 2.37. The molecule has 0 aromatic carbocycles. The molecule has 1 fully saturated rings. The number of carbonyl (C=O) groups is 1. The molecule has 4 heteroatoms. The summed E-state index contributed by atoms with van der Waals surface area (Å²) in [7, 11) is 0. The lowest BCUT2D eigenvalue weighted by atomic mass is 10.0. The molecule has 0 aromatic rings. The van der Waals surface area contributed by atoms with E-state index in [1.165, 1.54) is 6.42 Å². The SMILES string of the molecule is CC1CCCN(C(=O)OCCCl)C1. The molecule has 0 aliphatic carbocycles. The second-order valence-electron chi connectivity index (χ2n) is 3.50. The predicted octanol–water partition coefficient (Wildman–Crippen LogP) is 2.09. The van der Waals surface area contributed by atoms with Gasteiger partial charge in [0.15, 0.2) is 0 Å². The second kappa shape index (κ2) is 5.32. The van der Waals surface area contributed by atoms with E-state index in [1.807, 2.05) is 0 Å². The minimum atomic E-state index is -0.216. The van der Waals surface area contributed by atoms with Crippen molar-refractivity contribution in [3.8, 4) is 0 Å². The van der Waals surface area contributed by atoms with Gasteiger partial charge >= 0.3 is 6.09 Å². The van der Waals surface area contributed by atoms with Crippen LogP contribution in [-0.4, -0.2) is 36.6 Å². The topological polar surface area (TPSA) is 29.5 Å².